The number of aromatic nitrogens is 3. The second kappa shape index (κ2) is 33.6. The molecule has 3 saturated heterocycles. The zero-order chi connectivity index (χ0) is 75.5. The molecular weight excluding hydrogens is 1580 g/mol. The first-order valence-corrected chi connectivity index (χ1v) is 38.3. The van der Waals surface area contributed by atoms with Crippen LogP contribution in [-0.4, -0.2) is 126 Å². The minimum Gasteiger partial charge on any atom is -0.307 e. The Morgan fingerprint density at radius 2 is 0.813 bits per heavy atom. The summed E-state index contributed by atoms with van der Waals surface area (Å²) in [5, 5.41) is 3.79. The Hall–Kier alpha value is -7.10. The quantitative estimate of drug-likeness (QED) is 0.0671. The van der Waals surface area contributed by atoms with Gasteiger partial charge in [0.25, 0.3) is 17.7 Å². The predicted octanol–water partition coefficient (Wildman–Crippen LogP) is 21.5. The Morgan fingerprint density at radius 1 is 0.393 bits per heavy atom. The number of hydrogen-bond donors (Lipinski definition) is 0. The van der Waals surface area contributed by atoms with Gasteiger partial charge in [-0.25, -0.2) is 28.1 Å². The van der Waals surface area contributed by atoms with Crippen molar-refractivity contribution in [3.63, 3.8) is 0 Å². The molecule has 0 unspecified atom stereocenters. The fourth-order valence-corrected chi connectivity index (χ4v) is 17.2. The summed E-state index contributed by atoms with van der Waals surface area (Å²) in [5.41, 5.74) is 7.87. The van der Waals surface area contributed by atoms with Gasteiger partial charge in [-0.2, -0.15) is 4.39 Å². The van der Waals surface area contributed by atoms with Gasteiger partial charge in [0.1, 0.15) is 32.9 Å². The molecule has 3 spiro atoms. The highest BCUT2D eigenvalue weighted by Crippen LogP contribution is 2.52. The number of likely N-dealkylation sites (tertiary alicyclic amines) is 3. The molecule has 0 N–H and O–H groups in total. The van der Waals surface area contributed by atoms with Gasteiger partial charge in [0.2, 0.25) is 5.95 Å². The molecular formula is C81H67Cl10F4N9O3. The number of pyridine rings is 3. The number of carbonyl (C=O) groups excluding carboxylic acids is 3. The first-order chi connectivity index (χ1) is 51.4. The zero-order valence-corrected chi connectivity index (χ0v) is 64.7. The van der Waals surface area contributed by atoms with Crippen molar-refractivity contribution in [2.45, 2.75) is 54.8 Å². The van der Waals surface area contributed by atoms with Crippen molar-refractivity contribution in [3.05, 3.63) is 294 Å². The highest BCUT2D eigenvalue weighted by Gasteiger charge is 2.50. The van der Waals surface area contributed by atoms with Crippen molar-refractivity contribution in [1.82, 2.24) is 29.7 Å². The van der Waals surface area contributed by atoms with Crippen LogP contribution in [0, 0.1) is 23.4 Å². The summed E-state index contributed by atoms with van der Waals surface area (Å²) < 4.78 is 55.5. The van der Waals surface area contributed by atoms with Gasteiger partial charge in [0.05, 0.1) is 20.1 Å². The van der Waals surface area contributed by atoms with Crippen LogP contribution in [0.25, 0.3) is 18.2 Å². The minimum atomic E-state index is -0.664. The van der Waals surface area contributed by atoms with Gasteiger partial charge < -0.3 is 14.7 Å². The summed E-state index contributed by atoms with van der Waals surface area (Å²) in [5.74, 6) is -2.74. The van der Waals surface area contributed by atoms with Gasteiger partial charge >= 0.3 is 0 Å². The summed E-state index contributed by atoms with van der Waals surface area (Å²) in [4.78, 5) is 64.0. The Balaban J connectivity index is 0.000000142. The summed E-state index contributed by atoms with van der Waals surface area (Å²) >= 11 is 61.4. The molecule has 0 radical (unpaired) electrons. The van der Waals surface area contributed by atoms with E-state index in [1.165, 1.54) is 36.5 Å². The summed E-state index contributed by atoms with van der Waals surface area (Å²) in [6.45, 7) is 8.72. The molecule has 107 heavy (non-hydrogen) atoms. The molecule has 3 amide bonds. The number of hydrogen-bond acceptors (Lipinski definition) is 9. The Labute approximate surface area is 667 Å². The van der Waals surface area contributed by atoms with E-state index in [4.69, 9.17) is 116 Å². The van der Waals surface area contributed by atoms with Crippen molar-refractivity contribution >= 4 is 169 Å². The monoisotopic (exact) mass is 1640 g/mol. The van der Waals surface area contributed by atoms with Crippen molar-refractivity contribution in [2.24, 2.45) is 0 Å². The van der Waals surface area contributed by atoms with Crippen LogP contribution in [0.3, 0.4) is 0 Å². The van der Waals surface area contributed by atoms with Crippen LogP contribution in [0.15, 0.2) is 170 Å². The SMILES string of the molecule is O=C(c1cc(Cl)nc(Cl)c1)N1CC2(CCN(C/C=C/c3c(F)ccc(F)c3Cl)CC2)c2cc(Cl)ccc21.O=C(c1ccnc(Cl)c1)N1CC2(CCN(C/C=C/c3c(F)cccc3Cl)CC2)c2cc(Cl)ccc21.O=C(c1ccnc(F)c1)N1CC2(CCN(C/C=C/c3ccc(Cl)c(Cl)c3)CC2)c2cc(Cl)ccc21. The minimum absolute atomic E-state index is 0.0416. The lowest BCUT2D eigenvalue weighted by molar-refractivity contribution is 0.0970. The van der Waals surface area contributed by atoms with Crippen LogP contribution in [0.2, 0.25) is 50.6 Å². The molecule has 6 aliphatic rings. The van der Waals surface area contributed by atoms with Crippen LogP contribution >= 0.6 is 116 Å². The molecule has 15 rings (SSSR count). The number of anilines is 3. The highest BCUT2D eigenvalue weighted by atomic mass is 35.5. The molecule has 6 aliphatic heterocycles. The van der Waals surface area contributed by atoms with Crippen LogP contribution in [0.1, 0.15) is 103 Å². The van der Waals surface area contributed by atoms with Gasteiger partial charge in [-0.3, -0.25) is 29.1 Å². The normalized spacial score (nSPS) is 17.2. The molecule has 9 heterocycles. The van der Waals surface area contributed by atoms with E-state index in [0.717, 1.165) is 136 Å². The van der Waals surface area contributed by atoms with E-state index < -0.39 is 17.6 Å². The van der Waals surface area contributed by atoms with E-state index in [2.05, 4.69) is 35.7 Å². The lowest BCUT2D eigenvalue weighted by Crippen LogP contribution is -2.46. The number of carbonyl (C=O) groups is 3. The first kappa shape index (κ1) is 78.0. The van der Waals surface area contributed by atoms with Crippen molar-refractivity contribution < 1.29 is 31.9 Å². The molecule has 3 aromatic heterocycles. The summed E-state index contributed by atoms with van der Waals surface area (Å²) in [6.07, 6.45) is 19.2. The third-order valence-electron chi connectivity index (χ3n) is 21.0. The molecule has 0 saturated carbocycles. The van der Waals surface area contributed by atoms with Crippen molar-refractivity contribution in [2.75, 3.05) is 93.2 Å². The molecule has 26 heteroatoms. The first-order valence-electron chi connectivity index (χ1n) is 34.5. The maximum atomic E-state index is 14.1. The fraction of sp³-hybridized carbons (Fsp3) is 0.259. The maximum absolute atomic E-state index is 14.1. The van der Waals surface area contributed by atoms with Gasteiger partial charge in [0, 0.05) is 134 Å². The number of halogens is 14. The largest absolute Gasteiger partial charge is 0.307 e. The third kappa shape index (κ3) is 17.4. The Kier molecular flexibility index (Phi) is 24.5. The number of nitrogens with zero attached hydrogens (tertiary/aromatic N) is 9. The van der Waals surface area contributed by atoms with Gasteiger partial charge in [-0.1, -0.05) is 165 Å². The van der Waals surface area contributed by atoms with E-state index in [0.29, 0.717) is 90.3 Å². The topological polar surface area (TPSA) is 109 Å². The van der Waals surface area contributed by atoms with Gasteiger partial charge in [-0.05, 0) is 221 Å². The molecule has 0 bridgehead atoms. The number of rotatable bonds is 12. The highest BCUT2D eigenvalue weighted by molar-refractivity contribution is 6.42. The molecule has 9 aromatic rings. The number of benzene rings is 6. The van der Waals surface area contributed by atoms with E-state index in [-0.39, 0.29) is 60.7 Å². The zero-order valence-electron chi connectivity index (χ0n) is 57.2. The van der Waals surface area contributed by atoms with Crippen molar-refractivity contribution in [1.29, 1.82) is 0 Å². The average Bonchev–Trinajstić information content (AvgIpc) is 1.60. The average molecular weight is 1650 g/mol. The number of amides is 3. The smallest absolute Gasteiger partial charge is 0.258 e. The van der Waals surface area contributed by atoms with Crippen LogP contribution in [-0.2, 0) is 16.2 Å². The Bertz CT molecular complexity index is 4950. The van der Waals surface area contributed by atoms with E-state index >= 15 is 0 Å². The number of piperidine rings is 3. The second-order valence-electron chi connectivity index (χ2n) is 27.4. The van der Waals surface area contributed by atoms with Gasteiger partial charge in [0.15, 0.2) is 0 Å². The van der Waals surface area contributed by atoms with Crippen molar-refractivity contribution in [3.8, 4) is 0 Å². The Morgan fingerprint density at radius 3 is 1.27 bits per heavy atom. The standard InChI is InChI=1S/C27H21Cl4F2N3O.2C27H23Cl3FN3O/c28-17-3-6-22-19(14-17)27(15-36(22)26(37)16-12-23(29)34-24(30)13-16)7-10-35(11-8-27)9-1-2-18-20(32)4-5-21(33)25(18)31;28-19-6-7-24-21(16-19)27(17-34(24)26(35)18-8-11-32-25(30)15-18)9-13-33(14-10-27)12-2-3-20-22(29)4-1-5-23(20)31;28-20-4-6-24-21(16-20)27(17-34(24)26(35)19-7-10-32-25(31)15-19)8-12-33(13-9-27)11-1-2-18-3-5-22(29)23(30)14-18/h1-6,12-14H,7-11,15H2;1-8,11,15-16H,9-10,12-14,17H2;1-7,10,14-16H,8-9,11-13,17H2/b2-1+;3-2+;2-1+. The van der Waals surface area contributed by atoms with E-state index in [1.54, 1.807) is 76.7 Å². The molecule has 0 atom stereocenters. The maximum Gasteiger partial charge on any atom is 0.258 e. The molecule has 0 aliphatic carbocycles. The summed E-state index contributed by atoms with van der Waals surface area (Å²) in [7, 11) is 0. The number of fused-ring (bicyclic) bond motifs is 6. The van der Waals surface area contributed by atoms with Crippen LogP contribution in [0.4, 0.5) is 34.6 Å². The molecule has 552 valence electrons. The van der Waals surface area contributed by atoms with Gasteiger partial charge in [-0.15, -0.1) is 0 Å². The third-order valence-corrected chi connectivity index (χ3v) is 23.7. The lowest BCUT2D eigenvalue weighted by Gasteiger charge is -2.39. The van der Waals surface area contributed by atoms with E-state index in [1.807, 2.05) is 71.6 Å². The van der Waals surface area contributed by atoms with Crippen LogP contribution in [0.5, 0.6) is 0 Å². The molecule has 6 aromatic carbocycles. The van der Waals surface area contributed by atoms with Crippen LogP contribution < -0.4 is 14.7 Å². The second-order valence-corrected chi connectivity index (χ2v) is 31.5. The van der Waals surface area contributed by atoms with E-state index in [9.17, 15) is 31.9 Å². The predicted molar refractivity (Wildman–Crippen MR) is 425 cm³/mol. The molecule has 12 nitrogen and oxygen atoms in total. The molecule has 3 fully saturated rings. The summed E-state index contributed by atoms with van der Waals surface area (Å²) in [6, 6.07) is 38.4. The fourth-order valence-electron chi connectivity index (χ4n) is 15.3. The lowest BCUT2D eigenvalue weighted by atomic mass is 9.74.